The van der Waals surface area contributed by atoms with Gasteiger partial charge in [-0.2, -0.15) is 4.68 Å². The second-order valence-corrected chi connectivity index (χ2v) is 9.24. The van der Waals surface area contributed by atoms with E-state index in [0.717, 1.165) is 0 Å². The molecule has 1 unspecified atom stereocenters. The Balaban J connectivity index is 1.38. The summed E-state index contributed by atoms with van der Waals surface area (Å²) >= 11 is 6.17. The van der Waals surface area contributed by atoms with Gasteiger partial charge in [0.2, 0.25) is 5.91 Å². The molecule has 4 aromatic rings. The summed E-state index contributed by atoms with van der Waals surface area (Å²) in [5, 5.41) is 19.9. The van der Waals surface area contributed by atoms with Crippen LogP contribution in [0.4, 0.5) is 21.0 Å². The second-order valence-electron chi connectivity index (χ2n) is 8.80. The number of nitrogens with zero attached hydrogens (tertiary/aromatic N) is 5. The first-order chi connectivity index (χ1) is 19.9. The third-order valence-electron chi connectivity index (χ3n) is 6.08. The van der Waals surface area contributed by atoms with E-state index in [4.69, 9.17) is 16.3 Å². The Bertz CT molecular complexity index is 1600. The van der Waals surface area contributed by atoms with E-state index in [0.29, 0.717) is 57.6 Å². The molecule has 0 saturated carbocycles. The number of tetrazole rings is 1. The van der Waals surface area contributed by atoms with Crippen molar-refractivity contribution in [2.75, 3.05) is 24.4 Å². The average molecular weight is 578 g/mol. The molecule has 0 aliphatic carbocycles. The van der Waals surface area contributed by atoms with Crippen molar-refractivity contribution in [3.05, 3.63) is 71.4 Å². The van der Waals surface area contributed by atoms with Gasteiger partial charge in [0.15, 0.2) is 0 Å². The molecule has 2 aromatic carbocycles. The molecule has 14 nitrogen and oxygen atoms in total. The number of ether oxygens (including phenoxy) is 2. The maximum absolute atomic E-state index is 13.0. The van der Waals surface area contributed by atoms with Gasteiger partial charge >= 0.3 is 12.2 Å². The van der Waals surface area contributed by atoms with E-state index >= 15 is 0 Å². The van der Waals surface area contributed by atoms with Crippen LogP contribution in [0.1, 0.15) is 30.3 Å². The number of carbonyl (C=O) groups excluding carboxylic acids is 3. The maximum Gasteiger partial charge on any atom is 0.411 e. The molecule has 0 radical (unpaired) electrons. The first-order valence-electron chi connectivity index (χ1n) is 12.4. The monoisotopic (exact) mass is 577 g/mol. The normalized spacial score (nSPS) is 15.1. The highest BCUT2D eigenvalue weighted by molar-refractivity contribution is 6.30. The summed E-state index contributed by atoms with van der Waals surface area (Å²) in [7, 11) is 1.25. The van der Waals surface area contributed by atoms with Gasteiger partial charge in [-0.1, -0.05) is 11.6 Å². The lowest BCUT2D eigenvalue weighted by molar-refractivity contribution is -0.117. The highest BCUT2D eigenvalue weighted by Crippen LogP contribution is 2.32. The summed E-state index contributed by atoms with van der Waals surface area (Å²) < 4.78 is 11.4. The number of halogens is 1. The van der Waals surface area contributed by atoms with E-state index < -0.39 is 18.2 Å². The van der Waals surface area contributed by atoms with Gasteiger partial charge in [0.05, 0.1) is 36.8 Å². The number of aromatic amines is 1. The van der Waals surface area contributed by atoms with Crippen molar-refractivity contribution in [1.82, 2.24) is 35.5 Å². The molecule has 2 bridgehead atoms. The Morgan fingerprint density at radius 1 is 1.24 bits per heavy atom. The molecule has 4 N–H and O–H groups in total. The van der Waals surface area contributed by atoms with Gasteiger partial charge in [-0.05, 0) is 65.7 Å². The standard InChI is InChI=1S/C26H24ClN9O5/c1-40-25(38)30-17-6-7-18-20(12-17)33-26(39)41-10-2-3-19(24-28-13-21(18)32-24)31-23(37)9-4-15-11-16(27)5-8-22(15)36-14-29-34-35-36/h4-9,11-14,19H,2-3,10H2,1H3,(H,28,32)(H,30,38)(H,31,37)(H,33,39)/b9-4+. The van der Waals surface area contributed by atoms with Gasteiger partial charge < -0.3 is 19.8 Å². The number of anilines is 2. The zero-order valence-corrected chi connectivity index (χ0v) is 22.4. The van der Waals surface area contributed by atoms with Gasteiger partial charge in [-0.25, -0.2) is 14.6 Å². The summed E-state index contributed by atoms with van der Waals surface area (Å²) in [4.78, 5) is 44.9. The number of amides is 3. The molecule has 1 atom stereocenters. The van der Waals surface area contributed by atoms with Crippen LogP contribution in [0.25, 0.3) is 23.0 Å². The number of rotatable bonds is 5. The van der Waals surface area contributed by atoms with Crippen LogP contribution in [0.5, 0.6) is 0 Å². The van der Waals surface area contributed by atoms with E-state index in [-0.39, 0.29) is 12.5 Å². The molecule has 2 aromatic heterocycles. The first-order valence-corrected chi connectivity index (χ1v) is 12.8. The lowest BCUT2D eigenvalue weighted by Crippen LogP contribution is -2.28. The van der Waals surface area contributed by atoms with Crippen molar-refractivity contribution in [2.24, 2.45) is 0 Å². The molecular formula is C26H24ClN9O5. The Morgan fingerprint density at radius 2 is 2.12 bits per heavy atom. The third-order valence-corrected chi connectivity index (χ3v) is 6.31. The number of methoxy groups -OCH3 is 1. The first kappa shape index (κ1) is 27.3. The minimum absolute atomic E-state index is 0.106. The van der Waals surface area contributed by atoms with Crippen LogP contribution in [-0.2, 0) is 14.3 Å². The molecule has 3 heterocycles. The van der Waals surface area contributed by atoms with Crippen molar-refractivity contribution in [2.45, 2.75) is 18.9 Å². The molecule has 3 amide bonds. The van der Waals surface area contributed by atoms with Crippen LogP contribution in [0.3, 0.4) is 0 Å². The summed E-state index contributed by atoms with van der Waals surface area (Å²) in [6.07, 6.45) is 5.69. The largest absolute Gasteiger partial charge is 0.453 e. The minimum atomic E-state index is -0.666. The van der Waals surface area contributed by atoms with Crippen molar-refractivity contribution < 1.29 is 23.9 Å². The molecule has 210 valence electrons. The summed E-state index contributed by atoms with van der Waals surface area (Å²) in [6.45, 7) is 0.106. The van der Waals surface area contributed by atoms with E-state index in [1.807, 2.05) is 0 Å². The van der Waals surface area contributed by atoms with E-state index in [1.54, 1.807) is 48.7 Å². The van der Waals surface area contributed by atoms with E-state index in [1.165, 1.54) is 24.2 Å². The number of hydrogen-bond donors (Lipinski definition) is 4. The molecule has 0 fully saturated rings. The number of nitrogens with one attached hydrogen (secondary N) is 4. The minimum Gasteiger partial charge on any atom is -0.453 e. The molecule has 41 heavy (non-hydrogen) atoms. The van der Waals surface area contributed by atoms with Gasteiger partial charge in [0, 0.05) is 34.1 Å². The van der Waals surface area contributed by atoms with Crippen molar-refractivity contribution in [1.29, 1.82) is 0 Å². The van der Waals surface area contributed by atoms with Gasteiger partial charge in [0.25, 0.3) is 0 Å². The molecular weight excluding hydrogens is 554 g/mol. The van der Waals surface area contributed by atoms with Gasteiger partial charge in [-0.15, -0.1) is 5.10 Å². The van der Waals surface area contributed by atoms with Gasteiger partial charge in [-0.3, -0.25) is 15.4 Å². The third kappa shape index (κ3) is 6.67. The number of H-pyrrole nitrogens is 1. The predicted molar refractivity (Wildman–Crippen MR) is 148 cm³/mol. The van der Waals surface area contributed by atoms with Crippen LogP contribution in [-0.4, -0.2) is 62.0 Å². The van der Waals surface area contributed by atoms with Crippen molar-refractivity contribution >= 4 is 47.1 Å². The molecule has 1 aliphatic heterocycles. The Hall–Kier alpha value is -5.24. The summed E-state index contributed by atoms with van der Waals surface area (Å²) in [6, 6.07) is 9.54. The fourth-order valence-electron chi connectivity index (χ4n) is 4.17. The average Bonchev–Trinajstić information content (AvgIpc) is 3.66. The Morgan fingerprint density at radius 3 is 2.93 bits per heavy atom. The molecule has 1 aliphatic rings. The number of hydrogen-bond acceptors (Lipinski definition) is 9. The molecule has 0 spiro atoms. The summed E-state index contributed by atoms with van der Waals surface area (Å²) in [5.41, 5.74) is 3.13. The Labute approximate surface area is 238 Å². The number of benzene rings is 2. The quantitative estimate of drug-likeness (QED) is 0.254. The smallest absolute Gasteiger partial charge is 0.411 e. The molecule has 5 rings (SSSR count). The second kappa shape index (κ2) is 12.3. The Kier molecular flexibility index (Phi) is 8.20. The molecule has 0 saturated heterocycles. The van der Waals surface area contributed by atoms with Crippen LogP contribution in [0.2, 0.25) is 5.02 Å². The number of aromatic nitrogens is 6. The zero-order chi connectivity index (χ0) is 28.8. The highest BCUT2D eigenvalue weighted by Gasteiger charge is 2.21. The van der Waals surface area contributed by atoms with Crippen LogP contribution >= 0.6 is 11.6 Å². The SMILES string of the molecule is COC(=O)Nc1ccc2c(c1)NC(=O)OCCCC(NC(=O)/C=C/c1cc(Cl)ccc1-n1cnnn1)c1nc-2c[nH]1. The summed E-state index contributed by atoms with van der Waals surface area (Å²) in [5.74, 6) is 0.147. The number of imidazole rings is 1. The fraction of sp³-hybridized carbons (Fsp3) is 0.192. The van der Waals surface area contributed by atoms with Crippen molar-refractivity contribution in [3.63, 3.8) is 0 Å². The van der Waals surface area contributed by atoms with Gasteiger partial charge in [0.1, 0.15) is 12.2 Å². The zero-order valence-electron chi connectivity index (χ0n) is 21.6. The van der Waals surface area contributed by atoms with E-state index in [2.05, 4.69) is 46.2 Å². The van der Waals surface area contributed by atoms with Crippen LogP contribution in [0, 0.1) is 0 Å². The number of fused-ring (bicyclic) bond motifs is 4. The molecule has 15 heteroatoms. The predicted octanol–water partition coefficient (Wildman–Crippen LogP) is 4.10. The lowest BCUT2D eigenvalue weighted by Gasteiger charge is -2.17. The topological polar surface area (TPSA) is 178 Å². The highest BCUT2D eigenvalue weighted by atomic mass is 35.5. The lowest BCUT2D eigenvalue weighted by atomic mass is 10.1. The van der Waals surface area contributed by atoms with Crippen LogP contribution < -0.4 is 16.0 Å². The number of cyclic esters (lactones) is 1. The number of carbonyl (C=O) groups is 3. The fourth-order valence-corrected chi connectivity index (χ4v) is 4.35. The van der Waals surface area contributed by atoms with Crippen molar-refractivity contribution in [3.8, 4) is 16.9 Å². The van der Waals surface area contributed by atoms with Crippen LogP contribution in [0.15, 0.2) is 55.0 Å². The van der Waals surface area contributed by atoms with E-state index in [9.17, 15) is 14.4 Å². The maximum atomic E-state index is 13.0.